The molecule has 0 fully saturated rings. The molecule has 1 aromatic carbocycles. The summed E-state index contributed by atoms with van der Waals surface area (Å²) in [6.07, 6.45) is 1.22. The number of alkyl carbamates (subject to hydrolysis) is 1. The molecule has 3 N–H and O–H groups in total. The van der Waals surface area contributed by atoms with Crippen molar-refractivity contribution < 1.29 is 23.9 Å². The number of hydrogen-bond donors (Lipinski definition) is 2. The van der Waals surface area contributed by atoms with Crippen molar-refractivity contribution in [2.45, 2.75) is 46.1 Å². The van der Waals surface area contributed by atoms with Crippen LogP contribution in [0.2, 0.25) is 0 Å². The average Bonchev–Trinajstić information content (AvgIpc) is 2.56. The minimum atomic E-state index is -0.879. The topological polar surface area (TPSA) is 108 Å². The van der Waals surface area contributed by atoms with E-state index in [1.807, 2.05) is 20.8 Å². The SMILES string of the molecule is CCCCOC(=O)NC(Cc1c(C)cc(C(N)=O)cc1C)C(=O)OC. The summed E-state index contributed by atoms with van der Waals surface area (Å²) < 4.78 is 9.81. The van der Waals surface area contributed by atoms with E-state index in [1.165, 1.54) is 7.11 Å². The fourth-order valence-electron chi connectivity index (χ4n) is 2.49. The zero-order valence-electron chi connectivity index (χ0n) is 15.2. The Kier molecular flexibility index (Phi) is 7.91. The van der Waals surface area contributed by atoms with Gasteiger partial charge in [-0.2, -0.15) is 0 Å². The van der Waals surface area contributed by atoms with E-state index >= 15 is 0 Å². The summed E-state index contributed by atoms with van der Waals surface area (Å²) in [6.45, 7) is 5.92. The first-order valence-corrected chi connectivity index (χ1v) is 8.21. The molecule has 7 nitrogen and oxygen atoms in total. The van der Waals surface area contributed by atoms with Gasteiger partial charge in [0.1, 0.15) is 6.04 Å². The number of benzene rings is 1. The molecule has 0 saturated heterocycles. The Balaban J connectivity index is 2.94. The standard InChI is InChI=1S/C18H26N2O5/c1-5-6-7-25-18(23)20-15(17(22)24-4)10-14-11(2)8-13(16(19)21)9-12(14)3/h8-9,15H,5-7,10H2,1-4H3,(H2,19,21)(H,20,23). The van der Waals surface area contributed by atoms with Crippen molar-refractivity contribution in [1.82, 2.24) is 5.32 Å². The fraction of sp³-hybridized carbons (Fsp3) is 0.500. The monoisotopic (exact) mass is 350 g/mol. The number of methoxy groups -OCH3 is 1. The van der Waals surface area contributed by atoms with Gasteiger partial charge in [-0.25, -0.2) is 9.59 Å². The van der Waals surface area contributed by atoms with Crippen LogP contribution in [0.5, 0.6) is 0 Å². The summed E-state index contributed by atoms with van der Waals surface area (Å²) >= 11 is 0. The fourth-order valence-corrected chi connectivity index (χ4v) is 2.49. The molecule has 0 radical (unpaired) electrons. The van der Waals surface area contributed by atoms with Crippen molar-refractivity contribution in [3.63, 3.8) is 0 Å². The molecule has 0 aliphatic heterocycles. The Hall–Kier alpha value is -2.57. The van der Waals surface area contributed by atoms with E-state index in [2.05, 4.69) is 5.32 Å². The Morgan fingerprint density at radius 2 is 1.80 bits per heavy atom. The van der Waals surface area contributed by atoms with E-state index in [9.17, 15) is 14.4 Å². The van der Waals surface area contributed by atoms with Crippen molar-refractivity contribution in [3.8, 4) is 0 Å². The molecule has 25 heavy (non-hydrogen) atoms. The molecule has 1 atom stereocenters. The third-order valence-corrected chi connectivity index (χ3v) is 3.90. The third-order valence-electron chi connectivity index (χ3n) is 3.90. The predicted molar refractivity (Wildman–Crippen MR) is 93.3 cm³/mol. The lowest BCUT2D eigenvalue weighted by molar-refractivity contribution is -0.143. The minimum absolute atomic E-state index is 0.228. The van der Waals surface area contributed by atoms with Crippen LogP contribution in [-0.2, 0) is 20.7 Å². The van der Waals surface area contributed by atoms with Gasteiger partial charge in [0, 0.05) is 12.0 Å². The van der Waals surface area contributed by atoms with Gasteiger partial charge in [-0.1, -0.05) is 13.3 Å². The van der Waals surface area contributed by atoms with Gasteiger partial charge in [0.25, 0.3) is 0 Å². The van der Waals surface area contributed by atoms with E-state index in [4.69, 9.17) is 15.2 Å². The molecule has 2 amide bonds. The number of ether oxygens (including phenoxy) is 2. The summed E-state index contributed by atoms with van der Waals surface area (Å²) in [6, 6.07) is 2.45. The molecule has 1 aromatic rings. The van der Waals surface area contributed by atoms with Gasteiger partial charge in [0.05, 0.1) is 13.7 Å². The van der Waals surface area contributed by atoms with Crippen LogP contribution in [0.4, 0.5) is 4.79 Å². The first-order chi connectivity index (χ1) is 11.8. The number of rotatable bonds is 8. The largest absolute Gasteiger partial charge is 0.467 e. The summed E-state index contributed by atoms with van der Waals surface area (Å²) in [5, 5.41) is 2.54. The lowest BCUT2D eigenvalue weighted by atomic mass is 9.94. The number of unbranched alkanes of at least 4 members (excludes halogenated alkanes) is 1. The molecule has 0 aliphatic carbocycles. The van der Waals surface area contributed by atoms with E-state index in [1.54, 1.807) is 12.1 Å². The van der Waals surface area contributed by atoms with Gasteiger partial charge in [0.15, 0.2) is 0 Å². The van der Waals surface area contributed by atoms with E-state index in [0.29, 0.717) is 12.2 Å². The summed E-state index contributed by atoms with van der Waals surface area (Å²) in [5.74, 6) is -1.08. The zero-order valence-corrected chi connectivity index (χ0v) is 15.2. The number of esters is 1. The number of nitrogens with two attached hydrogens (primary N) is 1. The normalized spacial score (nSPS) is 11.5. The van der Waals surface area contributed by atoms with Crippen molar-refractivity contribution in [2.24, 2.45) is 5.73 Å². The van der Waals surface area contributed by atoms with Gasteiger partial charge >= 0.3 is 12.1 Å². The van der Waals surface area contributed by atoms with Gasteiger partial charge < -0.3 is 20.5 Å². The van der Waals surface area contributed by atoms with Gasteiger partial charge in [-0.15, -0.1) is 0 Å². The van der Waals surface area contributed by atoms with Crippen LogP contribution in [-0.4, -0.2) is 37.7 Å². The molecular weight excluding hydrogens is 324 g/mol. The highest BCUT2D eigenvalue weighted by Gasteiger charge is 2.24. The number of amides is 2. The highest BCUT2D eigenvalue weighted by molar-refractivity contribution is 5.93. The Morgan fingerprint density at radius 3 is 2.28 bits per heavy atom. The van der Waals surface area contributed by atoms with Crippen LogP contribution in [0.1, 0.15) is 46.8 Å². The number of hydrogen-bond acceptors (Lipinski definition) is 5. The van der Waals surface area contributed by atoms with Crippen LogP contribution in [0.15, 0.2) is 12.1 Å². The molecule has 0 aliphatic rings. The molecule has 0 spiro atoms. The Morgan fingerprint density at radius 1 is 1.20 bits per heavy atom. The van der Waals surface area contributed by atoms with Crippen LogP contribution >= 0.6 is 0 Å². The quantitative estimate of drug-likeness (QED) is 0.551. The number of aryl methyl sites for hydroxylation is 2. The van der Waals surface area contributed by atoms with Crippen molar-refractivity contribution in [2.75, 3.05) is 13.7 Å². The second-order valence-electron chi connectivity index (χ2n) is 5.87. The van der Waals surface area contributed by atoms with Crippen molar-refractivity contribution in [1.29, 1.82) is 0 Å². The summed E-state index contributed by atoms with van der Waals surface area (Å²) in [7, 11) is 1.26. The molecule has 0 aromatic heterocycles. The molecular formula is C18H26N2O5. The Bertz CT molecular complexity index is 619. The molecule has 1 unspecified atom stereocenters. The number of nitrogens with one attached hydrogen (secondary N) is 1. The lowest BCUT2D eigenvalue weighted by Gasteiger charge is -2.19. The maximum Gasteiger partial charge on any atom is 0.407 e. The zero-order chi connectivity index (χ0) is 19.0. The van der Waals surface area contributed by atoms with Gasteiger partial charge in [-0.3, -0.25) is 4.79 Å². The van der Waals surface area contributed by atoms with Crippen LogP contribution in [0, 0.1) is 13.8 Å². The van der Waals surface area contributed by atoms with Crippen LogP contribution in [0.25, 0.3) is 0 Å². The highest BCUT2D eigenvalue weighted by atomic mass is 16.6. The smallest absolute Gasteiger partial charge is 0.407 e. The minimum Gasteiger partial charge on any atom is -0.467 e. The predicted octanol–water partition coefficient (Wildman–Crippen LogP) is 2.01. The molecule has 138 valence electrons. The molecule has 7 heteroatoms. The molecule has 0 bridgehead atoms. The van der Waals surface area contributed by atoms with Gasteiger partial charge in [-0.05, 0) is 49.1 Å². The maximum atomic E-state index is 12.0. The molecule has 0 saturated carbocycles. The van der Waals surface area contributed by atoms with E-state index in [-0.39, 0.29) is 6.42 Å². The second-order valence-corrected chi connectivity index (χ2v) is 5.87. The average molecular weight is 350 g/mol. The molecule has 0 heterocycles. The van der Waals surface area contributed by atoms with Crippen molar-refractivity contribution in [3.05, 3.63) is 34.4 Å². The summed E-state index contributed by atoms with van der Waals surface area (Å²) in [5.41, 5.74) is 8.17. The van der Waals surface area contributed by atoms with Gasteiger partial charge in [0.2, 0.25) is 5.91 Å². The van der Waals surface area contributed by atoms with Crippen LogP contribution in [0.3, 0.4) is 0 Å². The number of carbonyl (C=O) groups is 3. The highest BCUT2D eigenvalue weighted by Crippen LogP contribution is 2.19. The first kappa shape index (κ1) is 20.5. The first-order valence-electron chi connectivity index (χ1n) is 8.21. The third kappa shape index (κ3) is 6.10. The summed E-state index contributed by atoms with van der Waals surface area (Å²) in [4.78, 5) is 35.2. The number of primary amides is 1. The lowest BCUT2D eigenvalue weighted by Crippen LogP contribution is -2.43. The van der Waals surface area contributed by atoms with E-state index < -0.39 is 24.0 Å². The second kappa shape index (κ2) is 9.66. The Labute approximate surface area is 147 Å². The number of carbonyl (C=O) groups excluding carboxylic acids is 3. The van der Waals surface area contributed by atoms with Crippen molar-refractivity contribution >= 4 is 18.0 Å². The molecule has 1 rings (SSSR count). The maximum absolute atomic E-state index is 12.0. The van der Waals surface area contributed by atoms with E-state index in [0.717, 1.165) is 29.5 Å². The van der Waals surface area contributed by atoms with Crippen LogP contribution < -0.4 is 11.1 Å².